The third-order valence-electron chi connectivity index (χ3n) is 2.91. The molecule has 0 aliphatic heterocycles. The van der Waals surface area contributed by atoms with E-state index in [0.717, 1.165) is 21.9 Å². The largest absolute Gasteiger partial charge is 0.394 e. The summed E-state index contributed by atoms with van der Waals surface area (Å²) in [7, 11) is 0. The Kier molecular flexibility index (Phi) is 3.81. The average Bonchev–Trinajstić information content (AvgIpc) is 2.69. The van der Waals surface area contributed by atoms with Crippen molar-refractivity contribution in [3.05, 3.63) is 28.5 Å². The first-order valence-electron chi connectivity index (χ1n) is 5.58. The zero-order valence-electron chi connectivity index (χ0n) is 9.60. The van der Waals surface area contributed by atoms with E-state index in [1.54, 1.807) is 6.20 Å². The molecule has 0 aromatic carbocycles. The van der Waals surface area contributed by atoms with Crippen LogP contribution in [-0.2, 0) is 6.42 Å². The summed E-state index contributed by atoms with van der Waals surface area (Å²) < 4.78 is 2.78. The SMILES string of the molecule is CCc1cn(C(CO)CO)c2ncc(Br)cc12. The highest BCUT2D eigenvalue weighted by Crippen LogP contribution is 2.26. The molecule has 0 fully saturated rings. The second-order valence-electron chi connectivity index (χ2n) is 3.96. The van der Waals surface area contributed by atoms with Gasteiger partial charge in [0.25, 0.3) is 0 Å². The lowest BCUT2D eigenvalue weighted by molar-refractivity contribution is 0.157. The first-order chi connectivity index (χ1) is 8.21. The Morgan fingerprint density at radius 1 is 1.41 bits per heavy atom. The molecule has 0 amide bonds. The summed E-state index contributed by atoms with van der Waals surface area (Å²) in [5, 5.41) is 19.6. The molecule has 0 atom stereocenters. The highest BCUT2D eigenvalue weighted by atomic mass is 79.9. The van der Waals surface area contributed by atoms with Gasteiger partial charge in [0, 0.05) is 22.3 Å². The van der Waals surface area contributed by atoms with Crippen molar-refractivity contribution in [3.8, 4) is 0 Å². The molecule has 0 spiro atoms. The van der Waals surface area contributed by atoms with Gasteiger partial charge in [-0.3, -0.25) is 0 Å². The van der Waals surface area contributed by atoms with Gasteiger partial charge in [-0.1, -0.05) is 6.92 Å². The fourth-order valence-corrected chi connectivity index (χ4v) is 2.30. The molecule has 0 saturated heterocycles. The Bertz CT molecular complexity index is 520. The van der Waals surface area contributed by atoms with Crippen LogP contribution < -0.4 is 0 Å². The van der Waals surface area contributed by atoms with Gasteiger partial charge in [0.15, 0.2) is 0 Å². The number of hydrogen-bond acceptors (Lipinski definition) is 3. The van der Waals surface area contributed by atoms with E-state index in [-0.39, 0.29) is 19.3 Å². The highest BCUT2D eigenvalue weighted by molar-refractivity contribution is 9.10. The van der Waals surface area contributed by atoms with Gasteiger partial charge in [-0.05, 0) is 34.0 Å². The number of aryl methyl sites for hydroxylation is 1. The van der Waals surface area contributed by atoms with Crippen molar-refractivity contribution in [2.75, 3.05) is 13.2 Å². The maximum atomic E-state index is 9.26. The monoisotopic (exact) mass is 298 g/mol. The van der Waals surface area contributed by atoms with E-state index < -0.39 is 0 Å². The first-order valence-corrected chi connectivity index (χ1v) is 6.37. The maximum Gasteiger partial charge on any atom is 0.140 e. The van der Waals surface area contributed by atoms with E-state index in [4.69, 9.17) is 0 Å². The summed E-state index contributed by atoms with van der Waals surface area (Å²) in [5.41, 5.74) is 1.97. The molecule has 0 saturated carbocycles. The van der Waals surface area contributed by atoms with E-state index in [1.807, 2.05) is 16.8 Å². The third kappa shape index (κ3) is 2.22. The summed E-state index contributed by atoms with van der Waals surface area (Å²) in [4.78, 5) is 4.36. The van der Waals surface area contributed by atoms with Gasteiger partial charge >= 0.3 is 0 Å². The number of hydrogen-bond donors (Lipinski definition) is 2. The van der Waals surface area contributed by atoms with Gasteiger partial charge in [-0.2, -0.15) is 0 Å². The Hall–Kier alpha value is -0.910. The van der Waals surface area contributed by atoms with Gasteiger partial charge in [0.05, 0.1) is 19.3 Å². The molecule has 92 valence electrons. The molecular formula is C12H15BrN2O2. The minimum Gasteiger partial charge on any atom is -0.394 e. The van der Waals surface area contributed by atoms with Crippen molar-refractivity contribution < 1.29 is 10.2 Å². The van der Waals surface area contributed by atoms with Crippen LogP contribution >= 0.6 is 15.9 Å². The molecule has 0 unspecified atom stereocenters. The zero-order chi connectivity index (χ0) is 12.4. The van der Waals surface area contributed by atoms with Gasteiger partial charge in [0.1, 0.15) is 5.65 Å². The van der Waals surface area contributed by atoms with E-state index in [2.05, 4.69) is 27.8 Å². The molecule has 5 heteroatoms. The van der Waals surface area contributed by atoms with Gasteiger partial charge in [0.2, 0.25) is 0 Å². The van der Waals surface area contributed by atoms with Crippen molar-refractivity contribution in [2.45, 2.75) is 19.4 Å². The second-order valence-corrected chi connectivity index (χ2v) is 4.87. The Labute approximate surface area is 108 Å². The third-order valence-corrected chi connectivity index (χ3v) is 3.35. The average molecular weight is 299 g/mol. The zero-order valence-corrected chi connectivity index (χ0v) is 11.2. The normalized spacial score (nSPS) is 11.6. The summed E-state index contributed by atoms with van der Waals surface area (Å²) in [5.74, 6) is 0. The Morgan fingerprint density at radius 2 is 2.12 bits per heavy atom. The van der Waals surface area contributed by atoms with Crippen LogP contribution in [0.5, 0.6) is 0 Å². The highest BCUT2D eigenvalue weighted by Gasteiger charge is 2.15. The van der Waals surface area contributed by atoms with Crippen molar-refractivity contribution in [1.29, 1.82) is 0 Å². The predicted octanol–water partition coefficient (Wildman–Crippen LogP) is 1.89. The van der Waals surface area contributed by atoms with E-state index in [0.29, 0.717) is 0 Å². The fourth-order valence-electron chi connectivity index (χ4n) is 1.97. The summed E-state index contributed by atoms with van der Waals surface area (Å²) in [6, 6.07) is 1.69. The maximum absolute atomic E-state index is 9.26. The fraction of sp³-hybridized carbons (Fsp3) is 0.417. The number of rotatable bonds is 4. The van der Waals surface area contributed by atoms with Crippen LogP contribution in [0.3, 0.4) is 0 Å². The molecule has 0 bridgehead atoms. The summed E-state index contributed by atoms with van der Waals surface area (Å²) >= 11 is 3.41. The number of aliphatic hydroxyl groups is 2. The number of nitrogens with zero attached hydrogens (tertiary/aromatic N) is 2. The van der Waals surface area contributed by atoms with E-state index in [9.17, 15) is 10.2 Å². The molecule has 4 nitrogen and oxygen atoms in total. The number of fused-ring (bicyclic) bond motifs is 1. The van der Waals surface area contributed by atoms with Crippen LogP contribution in [0.25, 0.3) is 11.0 Å². The molecule has 2 N–H and O–H groups in total. The molecule has 0 aliphatic rings. The van der Waals surface area contributed by atoms with E-state index in [1.165, 1.54) is 5.56 Å². The molecular weight excluding hydrogens is 284 g/mol. The molecule has 2 heterocycles. The molecule has 2 aromatic heterocycles. The molecule has 0 radical (unpaired) electrons. The quantitative estimate of drug-likeness (QED) is 0.906. The van der Waals surface area contributed by atoms with Crippen molar-refractivity contribution in [3.63, 3.8) is 0 Å². The lowest BCUT2D eigenvalue weighted by Crippen LogP contribution is -2.16. The topological polar surface area (TPSA) is 58.3 Å². The number of aliphatic hydroxyl groups excluding tert-OH is 2. The van der Waals surface area contributed by atoms with Crippen LogP contribution in [0.4, 0.5) is 0 Å². The van der Waals surface area contributed by atoms with Crippen molar-refractivity contribution in [1.82, 2.24) is 9.55 Å². The second kappa shape index (κ2) is 5.16. The molecule has 0 aliphatic carbocycles. The molecule has 17 heavy (non-hydrogen) atoms. The van der Waals surface area contributed by atoms with E-state index >= 15 is 0 Å². The summed E-state index contributed by atoms with van der Waals surface area (Å²) in [6.45, 7) is 1.88. The van der Waals surface area contributed by atoms with Crippen LogP contribution in [0.15, 0.2) is 22.9 Å². The van der Waals surface area contributed by atoms with Gasteiger partial charge < -0.3 is 14.8 Å². The number of aromatic nitrogens is 2. The van der Waals surface area contributed by atoms with Crippen molar-refractivity contribution >= 4 is 27.0 Å². The summed E-state index contributed by atoms with van der Waals surface area (Å²) in [6.07, 6.45) is 4.58. The lowest BCUT2D eigenvalue weighted by atomic mass is 10.2. The Morgan fingerprint density at radius 3 is 2.71 bits per heavy atom. The smallest absolute Gasteiger partial charge is 0.140 e. The van der Waals surface area contributed by atoms with Crippen LogP contribution in [-0.4, -0.2) is 33.0 Å². The molecule has 2 rings (SSSR count). The standard InChI is InChI=1S/C12H15BrN2O2/c1-2-8-5-15(10(6-16)7-17)12-11(8)3-9(13)4-14-12/h3-5,10,16-17H,2,6-7H2,1H3. The predicted molar refractivity (Wildman–Crippen MR) is 70.0 cm³/mol. The minimum absolute atomic E-state index is 0.0961. The van der Waals surface area contributed by atoms with Crippen LogP contribution in [0.2, 0.25) is 0 Å². The first kappa shape index (κ1) is 12.5. The van der Waals surface area contributed by atoms with Crippen molar-refractivity contribution in [2.24, 2.45) is 0 Å². The number of halogens is 1. The number of pyridine rings is 1. The lowest BCUT2D eigenvalue weighted by Gasteiger charge is -2.13. The molecule has 2 aromatic rings. The van der Waals surface area contributed by atoms with Crippen LogP contribution in [0, 0.1) is 0 Å². The minimum atomic E-state index is -0.327. The van der Waals surface area contributed by atoms with Crippen LogP contribution in [0.1, 0.15) is 18.5 Å². The van der Waals surface area contributed by atoms with Gasteiger partial charge in [-0.25, -0.2) is 4.98 Å². The van der Waals surface area contributed by atoms with Gasteiger partial charge in [-0.15, -0.1) is 0 Å². The Balaban J connectivity index is 2.64.